The summed E-state index contributed by atoms with van der Waals surface area (Å²) in [4.78, 5) is 24.5. The summed E-state index contributed by atoms with van der Waals surface area (Å²) in [5.74, 6) is -0.146. The molecule has 0 aliphatic heterocycles. The summed E-state index contributed by atoms with van der Waals surface area (Å²) in [6.45, 7) is 4.36. The zero-order valence-electron chi connectivity index (χ0n) is 12.0. The van der Waals surface area contributed by atoms with Crippen molar-refractivity contribution in [2.45, 2.75) is 26.8 Å². The predicted molar refractivity (Wildman–Crippen MR) is 86.2 cm³/mol. The van der Waals surface area contributed by atoms with Crippen LogP contribution >= 0.6 is 22.9 Å². The van der Waals surface area contributed by atoms with Gasteiger partial charge in [0.15, 0.2) is 0 Å². The number of rotatable bonds is 5. The van der Waals surface area contributed by atoms with E-state index in [0.717, 1.165) is 22.6 Å². The van der Waals surface area contributed by atoms with Gasteiger partial charge in [-0.05, 0) is 38.0 Å². The average molecular weight is 325 g/mol. The summed E-state index contributed by atoms with van der Waals surface area (Å²) in [6.07, 6.45) is 0.736. The molecule has 0 saturated carbocycles. The van der Waals surface area contributed by atoms with E-state index >= 15 is 0 Å². The number of hydrogen-bond acceptors (Lipinski definition) is 3. The number of thiazole rings is 1. The molecule has 112 valence electrons. The molecule has 4 nitrogen and oxygen atoms in total. The van der Waals surface area contributed by atoms with Crippen molar-refractivity contribution < 1.29 is 4.79 Å². The molecule has 0 bridgehead atoms. The molecule has 1 heterocycles. The first-order chi connectivity index (χ1) is 9.97. The number of halogens is 1. The van der Waals surface area contributed by atoms with Crippen LogP contribution in [0.4, 0.5) is 0 Å². The highest BCUT2D eigenvalue weighted by molar-refractivity contribution is 7.09. The minimum Gasteiger partial charge on any atom is -0.354 e. The van der Waals surface area contributed by atoms with E-state index in [9.17, 15) is 9.59 Å². The van der Waals surface area contributed by atoms with E-state index in [0.29, 0.717) is 11.6 Å². The molecule has 0 fully saturated rings. The van der Waals surface area contributed by atoms with Gasteiger partial charge in [0.05, 0.1) is 0 Å². The highest BCUT2D eigenvalue weighted by atomic mass is 35.5. The second-order valence-electron chi connectivity index (χ2n) is 4.82. The van der Waals surface area contributed by atoms with E-state index in [2.05, 4.69) is 5.32 Å². The molecule has 0 unspecified atom stereocenters. The van der Waals surface area contributed by atoms with Crippen molar-refractivity contribution in [2.75, 3.05) is 6.54 Å². The third-order valence-corrected chi connectivity index (χ3v) is 4.57. The van der Waals surface area contributed by atoms with Gasteiger partial charge in [-0.2, -0.15) is 0 Å². The highest BCUT2D eigenvalue weighted by Crippen LogP contribution is 2.10. The zero-order chi connectivity index (χ0) is 15.4. The molecule has 1 aromatic heterocycles. The molecule has 0 aliphatic carbocycles. The van der Waals surface area contributed by atoms with Gasteiger partial charge < -0.3 is 5.32 Å². The lowest BCUT2D eigenvalue weighted by atomic mass is 10.1. The number of aromatic nitrogens is 1. The van der Waals surface area contributed by atoms with Gasteiger partial charge in [0, 0.05) is 22.1 Å². The summed E-state index contributed by atoms with van der Waals surface area (Å²) >= 11 is 6.99. The summed E-state index contributed by atoms with van der Waals surface area (Å²) in [5, 5.41) is 3.53. The fraction of sp³-hybridized carbons (Fsp3) is 0.333. The lowest BCUT2D eigenvalue weighted by Crippen LogP contribution is -2.32. The summed E-state index contributed by atoms with van der Waals surface area (Å²) in [7, 11) is 0. The van der Waals surface area contributed by atoms with Crippen molar-refractivity contribution in [3.05, 3.63) is 55.1 Å². The maximum atomic E-state index is 11.9. The van der Waals surface area contributed by atoms with E-state index in [1.165, 1.54) is 15.9 Å². The van der Waals surface area contributed by atoms with Crippen molar-refractivity contribution in [1.29, 1.82) is 0 Å². The van der Waals surface area contributed by atoms with Gasteiger partial charge in [-0.1, -0.05) is 35.1 Å². The van der Waals surface area contributed by atoms with E-state index in [1.54, 1.807) is 0 Å². The average Bonchev–Trinajstić information content (AvgIpc) is 2.68. The van der Waals surface area contributed by atoms with Crippen LogP contribution in [0.2, 0.25) is 5.02 Å². The van der Waals surface area contributed by atoms with Crippen molar-refractivity contribution in [3.8, 4) is 0 Å². The Kier molecular flexibility index (Phi) is 5.20. The van der Waals surface area contributed by atoms with Crippen LogP contribution in [0.1, 0.15) is 16.1 Å². The Morgan fingerprint density at radius 1 is 1.29 bits per heavy atom. The van der Waals surface area contributed by atoms with Crippen LogP contribution in [0.3, 0.4) is 0 Å². The van der Waals surface area contributed by atoms with Crippen LogP contribution < -0.4 is 10.2 Å². The molecular weight excluding hydrogens is 308 g/mol. The molecule has 1 N–H and O–H groups in total. The van der Waals surface area contributed by atoms with Gasteiger partial charge in [0.25, 0.3) is 0 Å². The molecule has 0 radical (unpaired) electrons. The van der Waals surface area contributed by atoms with E-state index in [4.69, 9.17) is 11.6 Å². The maximum absolute atomic E-state index is 11.9. The SMILES string of the molecule is Cc1sc(=O)n(CC(=O)NCCc2ccc(Cl)cc2)c1C. The molecule has 6 heteroatoms. The smallest absolute Gasteiger partial charge is 0.308 e. The van der Waals surface area contributed by atoms with Gasteiger partial charge >= 0.3 is 4.87 Å². The number of aryl methyl sites for hydroxylation is 1. The minimum atomic E-state index is -0.146. The van der Waals surface area contributed by atoms with Crippen molar-refractivity contribution >= 4 is 28.8 Å². The lowest BCUT2D eigenvalue weighted by Gasteiger charge is -2.07. The van der Waals surface area contributed by atoms with E-state index in [1.807, 2.05) is 38.1 Å². The van der Waals surface area contributed by atoms with Crippen molar-refractivity contribution in [3.63, 3.8) is 0 Å². The number of benzene rings is 1. The Balaban J connectivity index is 1.85. The van der Waals surface area contributed by atoms with Gasteiger partial charge in [0.1, 0.15) is 6.54 Å². The summed E-state index contributed by atoms with van der Waals surface area (Å²) in [6, 6.07) is 7.53. The van der Waals surface area contributed by atoms with Crippen molar-refractivity contribution in [2.24, 2.45) is 0 Å². The monoisotopic (exact) mass is 324 g/mol. The Labute approximate surface area is 132 Å². The highest BCUT2D eigenvalue weighted by Gasteiger charge is 2.10. The van der Waals surface area contributed by atoms with E-state index in [-0.39, 0.29) is 17.3 Å². The lowest BCUT2D eigenvalue weighted by molar-refractivity contribution is -0.121. The van der Waals surface area contributed by atoms with Gasteiger partial charge in [-0.3, -0.25) is 14.2 Å². The molecule has 1 amide bonds. The molecule has 2 aromatic rings. The second kappa shape index (κ2) is 6.91. The standard InChI is InChI=1S/C15H17ClN2O2S/c1-10-11(2)21-15(20)18(10)9-14(19)17-8-7-12-3-5-13(16)6-4-12/h3-6H,7-9H2,1-2H3,(H,17,19). The largest absolute Gasteiger partial charge is 0.354 e. The Morgan fingerprint density at radius 2 is 1.95 bits per heavy atom. The van der Waals surface area contributed by atoms with E-state index < -0.39 is 0 Å². The number of nitrogens with one attached hydrogen (secondary N) is 1. The molecule has 0 atom stereocenters. The third-order valence-electron chi connectivity index (χ3n) is 3.33. The van der Waals surface area contributed by atoms with Crippen LogP contribution in [-0.2, 0) is 17.8 Å². The number of nitrogens with zero attached hydrogens (tertiary/aromatic N) is 1. The van der Waals surface area contributed by atoms with Crippen molar-refractivity contribution in [1.82, 2.24) is 9.88 Å². The summed E-state index contributed by atoms with van der Waals surface area (Å²) < 4.78 is 1.51. The van der Waals surface area contributed by atoms with Gasteiger partial charge in [0.2, 0.25) is 5.91 Å². The quantitative estimate of drug-likeness (QED) is 0.919. The topological polar surface area (TPSA) is 51.1 Å². The van der Waals surface area contributed by atoms with Crippen LogP contribution in [0.25, 0.3) is 0 Å². The Bertz CT molecular complexity index is 689. The first-order valence-electron chi connectivity index (χ1n) is 6.65. The predicted octanol–water partition coefficient (Wildman–Crippen LogP) is 2.54. The second-order valence-corrected chi connectivity index (χ2v) is 6.42. The third kappa shape index (κ3) is 4.19. The maximum Gasteiger partial charge on any atom is 0.308 e. The van der Waals surface area contributed by atoms with Gasteiger partial charge in [-0.15, -0.1) is 0 Å². The van der Waals surface area contributed by atoms with Crippen LogP contribution in [0.15, 0.2) is 29.1 Å². The Hall–Kier alpha value is -1.59. The summed E-state index contributed by atoms with van der Waals surface area (Å²) in [5.41, 5.74) is 1.97. The fourth-order valence-electron chi connectivity index (χ4n) is 1.97. The normalized spacial score (nSPS) is 10.6. The zero-order valence-corrected chi connectivity index (χ0v) is 13.6. The first kappa shape index (κ1) is 15.8. The Morgan fingerprint density at radius 3 is 2.52 bits per heavy atom. The van der Waals surface area contributed by atoms with Gasteiger partial charge in [-0.25, -0.2) is 0 Å². The number of hydrogen-bond donors (Lipinski definition) is 1. The molecule has 0 saturated heterocycles. The minimum absolute atomic E-state index is 0.0790. The molecule has 0 aliphatic rings. The first-order valence-corrected chi connectivity index (χ1v) is 7.85. The molecule has 2 rings (SSSR count). The van der Waals surface area contributed by atoms with Crippen LogP contribution in [0.5, 0.6) is 0 Å². The van der Waals surface area contributed by atoms with Crippen LogP contribution in [0, 0.1) is 13.8 Å². The fourth-order valence-corrected chi connectivity index (χ4v) is 2.92. The van der Waals surface area contributed by atoms with Crippen LogP contribution in [-0.4, -0.2) is 17.0 Å². The molecule has 1 aromatic carbocycles. The molecule has 21 heavy (non-hydrogen) atoms. The number of carbonyl (C=O) groups is 1. The number of carbonyl (C=O) groups excluding carboxylic acids is 1. The molecule has 0 spiro atoms. The molecular formula is C15H17ClN2O2S. The number of amides is 1.